The van der Waals surface area contributed by atoms with Crippen LogP contribution in [0.1, 0.15) is 76.1 Å². The third-order valence-corrected chi connectivity index (χ3v) is 6.34. The summed E-state index contributed by atoms with van der Waals surface area (Å²) in [6, 6.07) is 2.98. The molecule has 0 saturated heterocycles. The molecule has 1 N–H and O–H groups in total. The van der Waals surface area contributed by atoms with Gasteiger partial charge in [0.2, 0.25) is 5.95 Å². The molecule has 0 fully saturated rings. The van der Waals surface area contributed by atoms with Crippen molar-refractivity contribution in [2.24, 2.45) is 0 Å². The van der Waals surface area contributed by atoms with Crippen molar-refractivity contribution in [1.82, 2.24) is 9.97 Å². The fraction of sp³-hybridized carbons (Fsp3) is 0.542. The molecule has 0 radical (unpaired) electrons. The first-order chi connectivity index (χ1) is 15.7. The van der Waals surface area contributed by atoms with Gasteiger partial charge in [-0.3, -0.25) is 4.90 Å². The predicted molar refractivity (Wildman–Crippen MR) is 121 cm³/mol. The Hall–Kier alpha value is -2.84. The van der Waals surface area contributed by atoms with Crippen LogP contribution in [0.5, 0.6) is 0 Å². The van der Waals surface area contributed by atoms with Crippen molar-refractivity contribution in [2.75, 3.05) is 16.8 Å². The Morgan fingerprint density at radius 1 is 1.18 bits per heavy atom. The molecule has 1 aliphatic rings. The molecule has 1 amide bonds. The van der Waals surface area contributed by atoms with Gasteiger partial charge in [-0.15, -0.1) is 0 Å². The Morgan fingerprint density at radius 3 is 2.39 bits per heavy atom. The molecule has 2 heterocycles. The number of amides is 1. The smallest absolute Gasteiger partial charge is 0.416 e. The zero-order valence-corrected chi connectivity index (χ0v) is 19.5. The summed E-state index contributed by atoms with van der Waals surface area (Å²) >= 11 is 0. The van der Waals surface area contributed by atoms with E-state index in [4.69, 9.17) is 4.74 Å². The SMILES string of the molecule is CCCc1cnc(N[C@H]2CC(CC)(CC)N(C(=O)OCC)c3ccc(C(F)(F)F)cc32)nc1. The Bertz CT molecular complexity index is 959. The lowest BCUT2D eigenvalue weighted by atomic mass is 9.77. The van der Waals surface area contributed by atoms with E-state index < -0.39 is 29.4 Å². The van der Waals surface area contributed by atoms with E-state index in [1.165, 1.54) is 11.0 Å². The van der Waals surface area contributed by atoms with E-state index in [1.54, 1.807) is 19.3 Å². The number of hydrogen-bond donors (Lipinski definition) is 1. The van der Waals surface area contributed by atoms with Gasteiger partial charge >= 0.3 is 12.3 Å². The summed E-state index contributed by atoms with van der Waals surface area (Å²) in [7, 11) is 0. The van der Waals surface area contributed by atoms with Gasteiger partial charge in [0.15, 0.2) is 0 Å². The van der Waals surface area contributed by atoms with Gasteiger partial charge in [-0.05, 0) is 61.9 Å². The number of nitrogens with zero attached hydrogens (tertiary/aromatic N) is 3. The Kier molecular flexibility index (Phi) is 7.49. The van der Waals surface area contributed by atoms with Crippen LogP contribution in [0, 0.1) is 0 Å². The van der Waals surface area contributed by atoms with Crippen LogP contribution in [0.3, 0.4) is 0 Å². The van der Waals surface area contributed by atoms with Crippen molar-refractivity contribution in [3.63, 3.8) is 0 Å². The third kappa shape index (κ3) is 5.07. The van der Waals surface area contributed by atoms with Crippen molar-refractivity contribution in [3.05, 3.63) is 47.3 Å². The first-order valence-electron chi connectivity index (χ1n) is 11.4. The van der Waals surface area contributed by atoms with Crippen LogP contribution in [0.2, 0.25) is 0 Å². The molecule has 1 aromatic heterocycles. The molecule has 0 spiro atoms. The molecular weight excluding hydrogens is 433 g/mol. The second-order valence-corrected chi connectivity index (χ2v) is 8.30. The number of aromatic nitrogens is 2. The summed E-state index contributed by atoms with van der Waals surface area (Å²) in [4.78, 5) is 23.3. The molecule has 3 rings (SSSR count). The lowest BCUT2D eigenvalue weighted by Crippen LogP contribution is -2.56. The number of carbonyl (C=O) groups is 1. The van der Waals surface area contributed by atoms with Crippen LogP contribution in [-0.4, -0.2) is 28.2 Å². The van der Waals surface area contributed by atoms with Crippen molar-refractivity contribution in [2.45, 2.75) is 77.6 Å². The maximum absolute atomic E-state index is 13.5. The molecule has 2 aromatic rings. The monoisotopic (exact) mass is 464 g/mol. The Labute approximate surface area is 192 Å². The summed E-state index contributed by atoms with van der Waals surface area (Å²) in [5, 5.41) is 3.23. The van der Waals surface area contributed by atoms with Crippen LogP contribution in [0.15, 0.2) is 30.6 Å². The maximum atomic E-state index is 13.5. The lowest BCUT2D eigenvalue weighted by Gasteiger charge is -2.49. The average Bonchev–Trinajstić information content (AvgIpc) is 2.79. The number of carbonyl (C=O) groups excluding carboxylic acids is 1. The molecule has 1 atom stereocenters. The van der Waals surface area contributed by atoms with Crippen molar-refractivity contribution < 1.29 is 22.7 Å². The second kappa shape index (κ2) is 9.97. The number of alkyl halides is 3. The summed E-state index contributed by atoms with van der Waals surface area (Å²) in [5.74, 6) is 0.342. The van der Waals surface area contributed by atoms with E-state index in [0.29, 0.717) is 36.5 Å². The van der Waals surface area contributed by atoms with Gasteiger partial charge in [0.05, 0.1) is 29.4 Å². The van der Waals surface area contributed by atoms with E-state index >= 15 is 0 Å². The largest absolute Gasteiger partial charge is 0.449 e. The van der Waals surface area contributed by atoms with Gasteiger partial charge in [-0.2, -0.15) is 13.2 Å². The number of aryl methyl sites for hydroxylation is 1. The number of hydrogen-bond acceptors (Lipinski definition) is 5. The van der Waals surface area contributed by atoms with Crippen LogP contribution in [-0.2, 0) is 17.3 Å². The topological polar surface area (TPSA) is 67.4 Å². The summed E-state index contributed by atoms with van der Waals surface area (Å²) in [5.41, 5.74) is 0.389. The highest BCUT2D eigenvalue weighted by atomic mass is 19.4. The lowest BCUT2D eigenvalue weighted by molar-refractivity contribution is -0.137. The predicted octanol–water partition coefficient (Wildman–Crippen LogP) is 6.53. The van der Waals surface area contributed by atoms with Gasteiger partial charge in [0.25, 0.3) is 0 Å². The number of fused-ring (bicyclic) bond motifs is 1. The third-order valence-electron chi connectivity index (χ3n) is 6.34. The number of benzene rings is 1. The standard InChI is InChI=1S/C24H31F3N4O2/c1-5-9-16-14-28-21(29-15-16)30-19-13-23(6-2,7-3)31(22(32)33-8-4)20-11-10-17(12-18(19)20)24(25,26)27/h10-12,14-15,19H,5-9,13H2,1-4H3,(H,28,29,30)/t19-/m0/s1. The van der Waals surface area contributed by atoms with Crippen molar-refractivity contribution in [1.29, 1.82) is 0 Å². The first kappa shape index (κ1) is 24.8. The zero-order chi connectivity index (χ0) is 24.2. The first-order valence-corrected chi connectivity index (χ1v) is 11.4. The molecule has 33 heavy (non-hydrogen) atoms. The van der Waals surface area contributed by atoms with Crippen LogP contribution >= 0.6 is 0 Å². The maximum Gasteiger partial charge on any atom is 0.416 e. The highest BCUT2D eigenvalue weighted by Crippen LogP contribution is 2.48. The van der Waals surface area contributed by atoms with E-state index in [9.17, 15) is 18.0 Å². The Morgan fingerprint density at radius 2 is 1.85 bits per heavy atom. The van der Waals surface area contributed by atoms with Crippen LogP contribution in [0.4, 0.5) is 29.6 Å². The second-order valence-electron chi connectivity index (χ2n) is 8.30. The molecule has 1 aliphatic heterocycles. The van der Waals surface area contributed by atoms with E-state index in [2.05, 4.69) is 22.2 Å². The minimum atomic E-state index is -4.50. The number of halogens is 3. The molecule has 0 unspecified atom stereocenters. The molecular formula is C24H31F3N4O2. The summed E-state index contributed by atoms with van der Waals surface area (Å²) in [6.45, 7) is 7.89. The molecule has 0 bridgehead atoms. The quantitative estimate of drug-likeness (QED) is 0.505. The highest BCUT2D eigenvalue weighted by molar-refractivity contribution is 5.91. The van der Waals surface area contributed by atoms with Crippen molar-refractivity contribution in [3.8, 4) is 0 Å². The van der Waals surface area contributed by atoms with E-state index in [1.807, 2.05) is 13.8 Å². The van der Waals surface area contributed by atoms with Gasteiger partial charge in [-0.25, -0.2) is 14.8 Å². The number of rotatable bonds is 7. The molecule has 6 nitrogen and oxygen atoms in total. The fourth-order valence-electron chi connectivity index (χ4n) is 4.52. The van der Waals surface area contributed by atoms with E-state index in [0.717, 1.165) is 30.5 Å². The van der Waals surface area contributed by atoms with Gasteiger partial charge in [-0.1, -0.05) is 27.2 Å². The average molecular weight is 465 g/mol. The van der Waals surface area contributed by atoms with Crippen LogP contribution < -0.4 is 10.2 Å². The summed E-state index contributed by atoms with van der Waals surface area (Å²) < 4.78 is 45.9. The highest BCUT2D eigenvalue weighted by Gasteiger charge is 2.47. The van der Waals surface area contributed by atoms with E-state index in [-0.39, 0.29) is 6.61 Å². The molecule has 180 valence electrons. The molecule has 0 aliphatic carbocycles. The zero-order valence-electron chi connectivity index (χ0n) is 19.5. The molecule has 0 saturated carbocycles. The van der Waals surface area contributed by atoms with Gasteiger partial charge in [0, 0.05) is 12.4 Å². The van der Waals surface area contributed by atoms with Crippen molar-refractivity contribution >= 4 is 17.7 Å². The minimum absolute atomic E-state index is 0.175. The molecule has 1 aromatic carbocycles. The number of anilines is 2. The fourth-order valence-corrected chi connectivity index (χ4v) is 4.52. The molecule has 9 heteroatoms. The van der Waals surface area contributed by atoms with Gasteiger partial charge in [0.1, 0.15) is 0 Å². The normalized spacial score (nSPS) is 17.4. The van der Waals surface area contributed by atoms with Crippen LogP contribution in [0.25, 0.3) is 0 Å². The van der Waals surface area contributed by atoms with Gasteiger partial charge < -0.3 is 10.1 Å². The Balaban J connectivity index is 2.10. The number of ether oxygens (including phenoxy) is 1. The number of nitrogens with one attached hydrogen (secondary N) is 1. The minimum Gasteiger partial charge on any atom is -0.449 e. The summed E-state index contributed by atoms with van der Waals surface area (Å²) in [6.07, 6.45) is 1.83.